The third-order valence-corrected chi connectivity index (χ3v) is 6.90. The van der Waals surface area contributed by atoms with Crippen LogP contribution in [0.3, 0.4) is 0 Å². The summed E-state index contributed by atoms with van der Waals surface area (Å²) in [5.74, 6) is 0.348. The molecule has 0 aromatic carbocycles. The van der Waals surface area contributed by atoms with Gasteiger partial charge in [-0.3, -0.25) is 9.59 Å². The van der Waals surface area contributed by atoms with Crippen molar-refractivity contribution in [2.24, 2.45) is 0 Å². The maximum atomic E-state index is 12.9. The Hall–Kier alpha value is -0.710. The molecule has 5 heteroatoms. The summed E-state index contributed by atoms with van der Waals surface area (Å²) in [5.41, 5.74) is 0. The first-order chi connectivity index (χ1) is 10.0. The second kappa shape index (κ2) is 6.59. The van der Waals surface area contributed by atoms with Crippen molar-refractivity contribution in [3.8, 4) is 0 Å². The molecule has 4 nitrogen and oxygen atoms in total. The third-order valence-electron chi connectivity index (χ3n) is 5.33. The number of hydrogen-bond acceptors (Lipinski definition) is 3. The Morgan fingerprint density at radius 3 is 2.38 bits per heavy atom. The lowest BCUT2D eigenvalue weighted by Crippen LogP contribution is -2.64. The second-order valence-corrected chi connectivity index (χ2v) is 7.45. The van der Waals surface area contributed by atoms with E-state index >= 15 is 0 Å². The SMILES string of the molecule is CCC1C(=O)N2CCCC2C(=O)N1CC(CC)(CC)SC. The summed E-state index contributed by atoms with van der Waals surface area (Å²) in [6, 6.07) is -0.440. The van der Waals surface area contributed by atoms with Crippen molar-refractivity contribution in [1.29, 1.82) is 0 Å². The highest BCUT2D eigenvalue weighted by Gasteiger charge is 2.48. The highest BCUT2D eigenvalue weighted by atomic mass is 32.2. The molecule has 0 saturated carbocycles. The molecule has 0 aromatic rings. The fourth-order valence-electron chi connectivity index (χ4n) is 3.68. The molecular weight excluding hydrogens is 284 g/mol. The van der Waals surface area contributed by atoms with Crippen molar-refractivity contribution in [3.63, 3.8) is 0 Å². The van der Waals surface area contributed by atoms with Gasteiger partial charge in [0, 0.05) is 17.8 Å². The molecule has 2 aliphatic heterocycles. The number of piperazine rings is 1. The van der Waals surface area contributed by atoms with Crippen LogP contribution in [0.2, 0.25) is 0 Å². The average molecular weight is 312 g/mol. The maximum absolute atomic E-state index is 12.9. The molecule has 0 spiro atoms. The first-order valence-corrected chi connectivity index (χ1v) is 9.42. The van der Waals surface area contributed by atoms with Gasteiger partial charge in [0.05, 0.1) is 0 Å². The van der Waals surface area contributed by atoms with Gasteiger partial charge in [0.1, 0.15) is 12.1 Å². The van der Waals surface area contributed by atoms with E-state index in [1.807, 2.05) is 28.5 Å². The Morgan fingerprint density at radius 1 is 1.19 bits per heavy atom. The number of fused-ring (bicyclic) bond motifs is 1. The van der Waals surface area contributed by atoms with Crippen molar-refractivity contribution in [2.75, 3.05) is 19.3 Å². The minimum absolute atomic E-state index is 0.0735. The first kappa shape index (κ1) is 16.7. The summed E-state index contributed by atoms with van der Waals surface area (Å²) in [4.78, 5) is 29.3. The van der Waals surface area contributed by atoms with Crippen LogP contribution >= 0.6 is 11.8 Å². The van der Waals surface area contributed by atoms with E-state index in [0.717, 1.165) is 32.2 Å². The van der Waals surface area contributed by atoms with Crippen molar-refractivity contribution in [1.82, 2.24) is 9.80 Å². The minimum atomic E-state index is -0.253. The van der Waals surface area contributed by atoms with Gasteiger partial charge >= 0.3 is 0 Å². The van der Waals surface area contributed by atoms with Gasteiger partial charge in [0.25, 0.3) is 0 Å². The lowest BCUT2D eigenvalue weighted by molar-refractivity contribution is -0.160. The smallest absolute Gasteiger partial charge is 0.246 e. The van der Waals surface area contributed by atoms with Gasteiger partial charge in [-0.15, -0.1) is 0 Å². The quantitative estimate of drug-likeness (QED) is 0.757. The summed E-state index contributed by atoms with van der Waals surface area (Å²) < 4.78 is 0.0735. The number of rotatable bonds is 6. The highest BCUT2D eigenvalue weighted by Crippen LogP contribution is 2.35. The zero-order valence-electron chi connectivity index (χ0n) is 13.7. The lowest BCUT2D eigenvalue weighted by Gasteiger charge is -2.46. The van der Waals surface area contributed by atoms with E-state index in [2.05, 4.69) is 20.1 Å². The average Bonchev–Trinajstić information content (AvgIpc) is 3.00. The fourth-order valence-corrected chi connectivity index (χ4v) is 4.52. The largest absolute Gasteiger partial charge is 0.329 e. The van der Waals surface area contributed by atoms with Gasteiger partial charge in [-0.1, -0.05) is 20.8 Å². The molecule has 21 heavy (non-hydrogen) atoms. The molecule has 120 valence electrons. The van der Waals surface area contributed by atoms with Crippen LogP contribution in [0, 0.1) is 0 Å². The lowest BCUT2D eigenvalue weighted by atomic mass is 9.96. The van der Waals surface area contributed by atoms with E-state index in [1.54, 1.807) is 0 Å². The van der Waals surface area contributed by atoms with Crippen LogP contribution < -0.4 is 0 Å². The standard InChI is InChI=1S/C16H28N2O2S/c1-5-12-14(19)17-10-8-9-13(17)15(20)18(12)11-16(6-2,7-3)21-4/h12-13H,5-11H2,1-4H3. The summed E-state index contributed by atoms with van der Waals surface area (Å²) in [5, 5.41) is 0. The summed E-state index contributed by atoms with van der Waals surface area (Å²) in [7, 11) is 0. The summed E-state index contributed by atoms with van der Waals surface area (Å²) >= 11 is 1.83. The number of amides is 2. The van der Waals surface area contributed by atoms with Crippen molar-refractivity contribution in [2.45, 2.75) is 69.7 Å². The number of thioether (sulfide) groups is 1. The zero-order chi connectivity index (χ0) is 15.6. The topological polar surface area (TPSA) is 40.6 Å². The predicted molar refractivity (Wildman–Crippen MR) is 87.4 cm³/mol. The number of carbonyl (C=O) groups is 2. The molecule has 0 aliphatic carbocycles. The summed E-state index contributed by atoms with van der Waals surface area (Å²) in [6.45, 7) is 7.83. The van der Waals surface area contributed by atoms with Crippen molar-refractivity contribution >= 4 is 23.6 Å². The van der Waals surface area contributed by atoms with Gasteiger partial charge < -0.3 is 9.80 Å². The second-order valence-electron chi connectivity index (χ2n) is 6.17. The minimum Gasteiger partial charge on any atom is -0.329 e. The number of nitrogens with zero attached hydrogens (tertiary/aromatic N) is 2. The van der Waals surface area contributed by atoms with Crippen LogP contribution in [0.5, 0.6) is 0 Å². The zero-order valence-corrected chi connectivity index (χ0v) is 14.5. The molecule has 0 aromatic heterocycles. The Balaban J connectivity index is 2.27. The Morgan fingerprint density at radius 2 is 1.86 bits per heavy atom. The molecule has 2 atom stereocenters. The van der Waals surface area contributed by atoms with Crippen LogP contribution in [0.4, 0.5) is 0 Å². The Bertz CT molecular complexity index is 401. The van der Waals surface area contributed by atoms with Crippen molar-refractivity contribution in [3.05, 3.63) is 0 Å². The maximum Gasteiger partial charge on any atom is 0.246 e. The molecule has 0 N–H and O–H groups in total. The molecule has 2 unspecified atom stereocenters. The van der Waals surface area contributed by atoms with Gasteiger partial charge in [0.15, 0.2) is 0 Å². The van der Waals surface area contributed by atoms with Gasteiger partial charge in [-0.25, -0.2) is 0 Å². The molecule has 2 amide bonds. The van der Waals surface area contributed by atoms with E-state index in [0.29, 0.717) is 13.0 Å². The normalized spacial score (nSPS) is 26.5. The molecule has 2 fully saturated rings. The number of hydrogen-bond donors (Lipinski definition) is 0. The van der Waals surface area contributed by atoms with E-state index < -0.39 is 0 Å². The molecule has 0 radical (unpaired) electrons. The monoisotopic (exact) mass is 312 g/mol. The molecule has 2 rings (SSSR count). The first-order valence-electron chi connectivity index (χ1n) is 8.19. The van der Waals surface area contributed by atoms with E-state index in [4.69, 9.17) is 0 Å². The van der Waals surface area contributed by atoms with Crippen LogP contribution in [0.1, 0.15) is 52.9 Å². The molecule has 2 saturated heterocycles. The highest BCUT2D eigenvalue weighted by molar-refractivity contribution is 8.00. The third kappa shape index (κ3) is 2.81. The van der Waals surface area contributed by atoms with Gasteiger partial charge in [-0.05, 0) is 38.4 Å². The van der Waals surface area contributed by atoms with Crippen LogP contribution in [-0.4, -0.2) is 57.8 Å². The van der Waals surface area contributed by atoms with Crippen LogP contribution in [0.15, 0.2) is 0 Å². The van der Waals surface area contributed by atoms with E-state index in [1.165, 1.54) is 0 Å². The van der Waals surface area contributed by atoms with Gasteiger partial charge in [-0.2, -0.15) is 11.8 Å². The van der Waals surface area contributed by atoms with E-state index in [9.17, 15) is 9.59 Å². The van der Waals surface area contributed by atoms with Crippen molar-refractivity contribution < 1.29 is 9.59 Å². The molecule has 2 aliphatic rings. The molecular formula is C16H28N2O2S. The fraction of sp³-hybridized carbons (Fsp3) is 0.875. The number of carbonyl (C=O) groups excluding carboxylic acids is 2. The van der Waals surface area contributed by atoms with E-state index in [-0.39, 0.29) is 28.6 Å². The van der Waals surface area contributed by atoms with Crippen LogP contribution in [0.25, 0.3) is 0 Å². The van der Waals surface area contributed by atoms with Crippen LogP contribution in [-0.2, 0) is 9.59 Å². The Labute approximate surface area is 132 Å². The van der Waals surface area contributed by atoms with Gasteiger partial charge in [0.2, 0.25) is 11.8 Å². The Kier molecular flexibility index (Phi) is 5.23. The molecule has 2 heterocycles. The predicted octanol–water partition coefficient (Wildman–Crippen LogP) is 2.52. The summed E-state index contributed by atoms with van der Waals surface area (Å²) in [6.07, 6.45) is 6.67. The molecule has 0 bridgehead atoms.